The Kier molecular flexibility index (Phi) is 5.04. The summed E-state index contributed by atoms with van der Waals surface area (Å²) >= 11 is 0. The van der Waals surface area contributed by atoms with Gasteiger partial charge in [0.2, 0.25) is 0 Å². The summed E-state index contributed by atoms with van der Waals surface area (Å²) < 4.78 is 44.7. The minimum atomic E-state index is -4.30. The van der Waals surface area contributed by atoms with Crippen molar-refractivity contribution in [1.29, 1.82) is 0 Å². The maximum atomic E-state index is 13.2. The third-order valence-corrected chi connectivity index (χ3v) is 4.59. The number of ether oxygens (including phenoxy) is 1. The van der Waals surface area contributed by atoms with Crippen LogP contribution in [0.4, 0.5) is 18.9 Å². The Morgan fingerprint density at radius 1 is 1.04 bits per heavy atom. The van der Waals surface area contributed by atoms with Gasteiger partial charge in [0.25, 0.3) is 0 Å². The van der Waals surface area contributed by atoms with Gasteiger partial charge in [0.15, 0.2) is 0 Å². The van der Waals surface area contributed by atoms with Crippen LogP contribution in [-0.2, 0) is 4.74 Å². The van der Waals surface area contributed by atoms with Crippen LogP contribution < -0.4 is 4.90 Å². The van der Waals surface area contributed by atoms with Crippen molar-refractivity contribution in [3.05, 3.63) is 54.1 Å². The predicted molar refractivity (Wildman–Crippen MR) is 94.0 cm³/mol. The molecule has 1 saturated heterocycles. The third kappa shape index (κ3) is 3.98. The summed E-state index contributed by atoms with van der Waals surface area (Å²) in [6.07, 6.45) is -4.30. The van der Waals surface area contributed by atoms with Gasteiger partial charge in [0.1, 0.15) is 6.04 Å². The molecule has 0 saturated carbocycles. The van der Waals surface area contributed by atoms with E-state index in [1.165, 1.54) is 10.5 Å². The highest BCUT2D eigenvalue weighted by molar-refractivity contribution is 5.67. The molecule has 1 aliphatic rings. The Bertz CT molecular complexity index is 710. The first-order chi connectivity index (χ1) is 11.9. The van der Waals surface area contributed by atoms with E-state index in [0.717, 1.165) is 11.1 Å². The van der Waals surface area contributed by atoms with E-state index >= 15 is 0 Å². The van der Waals surface area contributed by atoms with E-state index in [4.69, 9.17) is 4.74 Å². The van der Waals surface area contributed by atoms with Gasteiger partial charge in [-0.25, -0.2) is 0 Å². The zero-order valence-corrected chi connectivity index (χ0v) is 14.4. The summed E-state index contributed by atoms with van der Waals surface area (Å²) in [7, 11) is 0. The number of rotatable bonds is 3. The molecule has 5 heteroatoms. The zero-order valence-electron chi connectivity index (χ0n) is 14.4. The van der Waals surface area contributed by atoms with Gasteiger partial charge < -0.3 is 9.64 Å². The summed E-state index contributed by atoms with van der Waals surface area (Å²) in [6, 6.07) is 14.0. The summed E-state index contributed by atoms with van der Waals surface area (Å²) in [5.74, 6) is 0.431. The first-order valence-electron chi connectivity index (χ1n) is 8.48. The molecule has 0 radical (unpaired) electrons. The van der Waals surface area contributed by atoms with Gasteiger partial charge >= 0.3 is 6.18 Å². The van der Waals surface area contributed by atoms with Gasteiger partial charge in [-0.05, 0) is 34.7 Å². The number of benzene rings is 2. The highest BCUT2D eigenvalue weighted by Crippen LogP contribution is 2.32. The lowest BCUT2D eigenvalue weighted by molar-refractivity contribution is -0.167. The lowest BCUT2D eigenvalue weighted by Crippen LogP contribution is -2.53. The van der Waals surface area contributed by atoms with Gasteiger partial charge in [-0.2, -0.15) is 13.2 Å². The summed E-state index contributed by atoms with van der Waals surface area (Å²) in [5.41, 5.74) is 3.90. The average Bonchev–Trinajstić information content (AvgIpc) is 2.61. The largest absolute Gasteiger partial charge is 0.411 e. The van der Waals surface area contributed by atoms with Crippen LogP contribution in [0.2, 0.25) is 0 Å². The number of hydrogen-bond donors (Lipinski definition) is 0. The minimum Gasteiger partial charge on any atom is -0.377 e. The number of alkyl halides is 3. The quantitative estimate of drug-likeness (QED) is 0.751. The lowest BCUT2D eigenvalue weighted by Gasteiger charge is -2.38. The molecule has 0 aromatic heterocycles. The van der Waals surface area contributed by atoms with E-state index in [1.54, 1.807) is 12.1 Å². The second-order valence-corrected chi connectivity index (χ2v) is 6.65. The Labute approximate surface area is 146 Å². The maximum absolute atomic E-state index is 13.2. The molecule has 1 fully saturated rings. The average molecular weight is 349 g/mol. The molecule has 1 aliphatic heterocycles. The Morgan fingerprint density at radius 3 is 2.40 bits per heavy atom. The number of anilines is 1. The number of halogens is 3. The molecule has 0 spiro atoms. The van der Waals surface area contributed by atoms with Gasteiger partial charge in [-0.15, -0.1) is 0 Å². The number of nitrogens with zero attached hydrogens (tertiary/aromatic N) is 1. The molecule has 25 heavy (non-hydrogen) atoms. The van der Waals surface area contributed by atoms with Crippen LogP contribution in [0.15, 0.2) is 48.5 Å². The van der Waals surface area contributed by atoms with Gasteiger partial charge in [-0.1, -0.05) is 50.2 Å². The molecule has 1 atom stereocenters. The molecule has 0 bridgehead atoms. The molecule has 134 valence electrons. The molecule has 2 aromatic rings. The topological polar surface area (TPSA) is 12.5 Å². The van der Waals surface area contributed by atoms with Crippen molar-refractivity contribution < 1.29 is 17.9 Å². The van der Waals surface area contributed by atoms with Crippen molar-refractivity contribution in [2.45, 2.75) is 32.0 Å². The fourth-order valence-corrected chi connectivity index (χ4v) is 3.11. The second kappa shape index (κ2) is 7.08. The van der Waals surface area contributed by atoms with Crippen molar-refractivity contribution in [2.75, 3.05) is 24.7 Å². The predicted octanol–water partition coefficient (Wildman–Crippen LogP) is 5.24. The fourth-order valence-electron chi connectivity index (χ4n) is 3.11. The second-order valence-electron chi connectivity index (χ2n) is 6.65. The fraction of sp³-hybridized carbons (Fsp3) is 0.400. The van der Waals surface area contributed by atoms with Crippen LogP contribution >= 0.6 is 0 Å². The first kappa shape index (κ1) is 17.8. The van der Waals surface area contributed by atoms with Crippen LogP contribution in [0, 0.1) is 0 Å². The summed E-state index contributed by atoms with van der Waals surface area (Å²) in [5, 5.41) is 0. The Hall–Kier alpha value is -2.01. The summed E-state index contributed by atoms with van der Waals surface area (Å²) in [4.78, 5) is 1.39. The van der Waals surface area contributed by atoms with E-state index in [2.05, 4.69) is 26.0 Å². The van der Waals surface area contributed by atoms with Crippen molar-refractivity contribution in [2.24, 2.45) is 0 Å². The first-order valence-corrected chi connectivity index (χ1v) is 8.48. The van der Waals surface area contributed by atoms with Crippen LogP contribution in [0.25, 0.3) is 11.1 Å². The lowest BCUT2D eigenvalue weighted by atomic mass is 9.97. The smallest absolute Gasteiger partial charge is 0.377 e. The van der Waals surface area contributed by atoms with Gasteiger partial charge in [-0.3, -0.25) is 0 Å². The molecule has 2 nitrogen and oxygen atoms in total. The standard InChI is InChI=1S/C20H22F3NO/c1-14(2)16-4-3-5-17(12-16)15-6-8-18(9-7-15)24-10-11-25-13-19(24)20(21,22)23/h3-9,12,14,19H,10-11,13H2,1-2H3. The maximum Gasteiger partial charge on any atom is 0.411 e. The molecule has 0 amide bonds. The van der Waals surface area contributed by atoms with Crippen LogP contribution in [-0.4, -0.2) is 32.0 Å². The SMILES string of the molecule is CC(C)c1cccc(-c2ccc(N3CCOCC3C(F)(F)F)cc2)c1. The van der Waals surface area contributed by atoms with Crippen molar-refractivity contribution >= 4 is 5.69 Å². The molecule has 3 rings (SSSR count). The molecular formula is C20H22F3NO. The molecule has 0 N–H and O–H groups in total. The zero-order chi connectivity index (χ0) is 18.0. The highest BCUT2D eigenvalue weighted by Gasteiger charge is 2.45. The van der Waals surface area contributed by atoms with Crippen molar-refractivity contribution in [3.8, 4) is 11.1 Å². The van der Waals surface area contributed by atoms with E-state index in [9.17, 15) is 13.2 Å². The summed E-state index contributed by atoms with van der Waals surface area (Å²) in [6.45, 7) is 4.51. The Balaban J connectivity index is 1.85. The van der Waals surface area contributed by atoms with Crippen LogP contribution in [0.1, 0.15) is 25.3 Å². The molecular weight excluding hydrogens is 327 g/mol. The van der Waals surface area contributed by atoms with E-state index in [0.29, 0.717) is 18.2 Å². The number of hydrogen-bond acceptors (Lipinski definition) is 2. The molecule has 1 unspecified atom stereocenters. The van der Waals surface area contributed by atoms with E-state index < -0.39 is 12.2 Å². The molecule has 1 heterocycles. The van der Waals surface area contributed by atoms with E-state index in [1.807, 2.05) is 24.3 Å². The highest BCUT2D eigenvalue weighted by atomic mass is 19.4. The third-order valence-electron chi connectivity index (χ3n) is 4.59. The van der Waals surface area contributed by atoms with E-state index in [-0.39, 0.29) is 13.2 Å². The van der Waals surface area contributed by atoms with Crippen LogP contribution in [0.3, 0.4) is 0 Å². The van der Waals surface area contributed by atoms with Gasteiger partial charge in [0, 0.05) is 12.2 Å². The van der Waals surface area contributed by atoms with Crippen molar-refractivity contribution in [3.63, 3.8) is 0 Å². The molecule has 2 aromatic carbocycles. The Morgan fingerprint density at radius 2 is 1.76 bits per heavy atom. The number of morpholine rings is 1. The monoisotopic (exact) mass is 349 g/mol. The van der Waals surface area contributed by atoms with Crippen LogP contribution in [0.5, 0.6) is 0 Å². The minimum absolute atomic E-state index is 0.242. The van der Waals surface area contributed by atoms with Gasteiger partial charge in [0.05, 0.1) is 13.2 Å². The van der Waals surface area contributed by atoms with Crippen molar-refractivity contribution in [1.82, 2.24) is 0 Å². The molecule has 0 aliphatic carbocycles. The normalized spacial score (nSPS) is 18.6.